The van der Waals surface area contributed by atoms with Gasteiger partial charge in [-0.1, -0.05) is 18.2 Å². The lowest BCUT2D eigenvalue weighted by Crippen LogP contribution is -2.56. The highest BCUT2D eigenvalue weighted by Gasteiger charge is 2.49. The lowest BCUT2D eigenvalue weighted by atomic mass is 9.58. The number of phenolic OH excluding ortho intramolecular Hbond substituents is 1. The minimum absolute atomic E-state index is 0.0177. The van der Waals surface area contributed by atoms with Crippen LogP contribution in [0.1, 0.15) is 36.1 Å². The quantitative estimate of drug-likeness (QED) is 0.397. The maximum Gasteiger partial charge on any atom is 0.246 e. The average Bonchev–Trinajstić information content (AvgIpc) is 3.22. The number of piperidine rings is 1. The van der Waals surface area contributed by atoms with Crippen molar-refractivity contribution in [3.63, 3.8) is 0 Å². The van der Waals surface area contributed by atoms with Crippen LogP contribution in [0.25, 0.3) is 6.08 Å². The number of carbonyl (C=O) groups excluding carboxylic acids is 1. The second kappa shape index (κ2) is 9.94. The van der Waals surface area contributed by atoms with E-state index in [0.717, 1.165) is 54.7 Å². The van der Waals surface area contributed by atoms with Gasteiger partial charge in [0.1, 0.15) is 5.75 Å². The summed E-state index contributed by atoms with van der Waals surface area (Å²) in [5, 5.41) is 12.2. The molecule has 1 saturated carbocycles. The molecule has 1 aliphatic carbocycles. The molecule has 1 aromatic carbocycles. The molecule has 1 amide bonds. The van der Waals surface area contributed by atoms with Crippen LogP contribution >= 0.6 is 27.3 Å². The van der Waals surface area contributed by atoms with E-state index in [1.165, 1.54) is 5.56 Å². The van der Waals surface area contributed by atoms with Gasteiger partial charge in [0.15, 0.2) is 0 Å². The number of aromatic hydroxyl groups is 1. The number of thiophene rings is 1. The van der Waals surface area contributed by atoms with Gasteiger partial charge in [0, 0.05) is 52.4 Å². The van der Waals surface area contributed by atoms with Crippen LogP contribution in [0.4, 0.5) is 0 Å². The van der Waals surface area contributed by atoms with Crippen molar-refractivity contribution in [1.29, 1.82) is 0 Å². The Kier molecular flexibility index (Phi) is 7.23. The number of hydrogen-bond acceptors (Lipinski definition) is 4. The molecule has 170 valence electrons. The van der Waals surface area contributed by atoms with Crippen LogP contribution in [0.2, 0.25) is 0 Å². The molecule has 6 heteroatoms. The van der Waals surface area contributed by atoms with Crippen LogP contribution in [0.3, 0.4) is 0 Å². The van der Waals surface area contributed by atoms with Crippen molar-refractivity contribution < 1.29 is 9.90 Å². The summed E-state index contributed by atoms with van der Waals surface area (Å²) in [6.07, 6.45) is 9.63. The zero-order chi connectivity index (χ0) is 22.7. The summed E-state index contributed by atoms with van der Waals surface area (Å²) in [5.74, 6) is 0.880. The van der Waals surface area contributed by atoms with Crippen molar-refractivity contribution >= 4 is 39.2 Å². The Balaban J connectivity index is 1.55. The number of nitrogens with zero attached hydrogens (tertiary/aromatic N) is 2. The van der Waals surface area contributed by atoms with Crippen molar-refractivity contribution in [1.82, 2.24) is 9.80 Å². The summed E-state index contributed by atoms with van der Waals surface area (Å²) in [4.78, 5) is 18.5. The Hall–Kier alpha value is -1.89. The Morgan fingerprint density at radius 2 is 2.25 bits per heavy atom. The Morgan fingerprint density at radius 1 is 1.41 bits per heavy atom. The molecule has 0 spiro atoms. The first-order valence-corrected chi connectivity index (χ1v) is 12.9. The van der Waals surface area contributed by atoms with E-state index in [1.54, 1.807) is 23.5 Å². The van der Waals surface area contributed by atoms with Crippen molar-refractivity contribution in [2.24, 2.45) is 5.92 Å². The summed E-state index contributed by atoms with van der Waals surface area (Å²) >= 11 is 5.08. The minimum atomic E-state index is -0.0177. The van der Waals surface area contributed by atoms with Crippen molar-refractivity contribution in [3.05, 3.63) is 69.4 Å². The average molecular weight is 516 g/mol. The van der Waals surface area contributed by atoms with Gasteiger partial charge >= 0.3 is 0 Å². The molecule has 3 atom stereocenters. The first-order valence-electron chi connectivity index (χ1n) is 11.2. The summed E-state index contributed by atoms with van der Waals surface area (Å²) in [7, 11) is 1.94. The maximum atomic E-state index is 13.0. The lowest BCUT2D eigenvalue weighted by molar-refractivity contribution is -0.128. The van der Waals surface area contributed by atoms with E-state index in [1.807, 2.05) is 47.7 Å². The number of amides is 1. The number of likely N-dealkylation sites (tertiary alicyclic amines) is 1. The molecular formula is C26H31BrN2O2S. The Bertz CT molecular complexity index is 1000. The predicted octanol–water partition coefficient (Wildman–Crippen LogP) is 5.69. The molecule has 1 aliphatic heterocycles. The largest absolute Gasteiger partial charge is 0.508 e. The van der Waals surface area contributed by atoms with Gasteiger partial charge in [-0.05, 0) is 83.9 Å². The van der Waals surface area contributed by atoms with Gasteiger partial charge in [-0.2, -0.15) is 0 Å². The molecule has 4 rings (SSSR count). The van der Waals surface area contributed by atoms with Gasteiger partial charge in [-0.15, -0.1) is 17.9 Å². The fraction of sp³-hybridized carbons (Fsp3) is 0.423. The fourth-order valence-electron chi connectivity index (χ4n) is 5.55. The molecule has 1 saturated heterocycles. The zero-order valence-electron chi connectivity index (χ0n) is 18.5. The molecule has 4 nitrogen and oxygen atoms in total. The number of halogens is 1. The Labute approximate surface area is 203 Å². The minimum Gasteiger partial charge on any atom is -0.508 e. The first-order chi connectivity index (χ1) is 15.4. The highest BCUT2D eigenvalue weighted by molar-refractivity contribution is 9.10. The molecule has 0 unspecified atom stereocenters. The van der Waals surface area contributed by atoms with E-state index in [0.29, 0.717) is 11.7 Å². The number of likely N-dealkylation sites (N-methyl/N-ethyl adjacent to an activating group) is 1. The number of phenols is 1. The number of fused-ring (bicyclic) bond motifs is 1. The van der Waals surface area contributed by atoms with Gasteiger partial charge in [0.05, 0.1) is 0 Å². The molecule has 0 radical (unpaired) electrons. The number of rotatable bonds is 6. The fourth-order valence-corrected chi connectivity index (χ4v) is 6.89. The predicted molar refractivity (Wildman–Crippen MR) is 136 cm³/mol. The second-order valence-electron chi connectivity index (χ2n) is 9.09. The normalized spacial score (nSPS) is 26.1. The van der Waals surface area contributed by atoms with E-state index in [2.05, 4.69) is 33.5 Å². The molecule has 2 aromatic rings. The molecule has 2 fully saturated rings. The third-order valence-corrected chi connectivity index (χ3v) is 8.92. The summed E-state index contributed by atoms with van der Waals surface area (Å²) < 4.78 is 1.04. The van der Waals surface area contributed by atoms with E-state index in [-0.39, 0.29) is 17.4 Å². The second-order valence-corrected chi connectivity index (χ2v) is 10.9. The van der Waals surface area contributed by atoms with Gasteiger partial charge in [0.25, 0.3) is 0 Å². The number of carbonyl (C=O) groups is 1. The molecule has 2 aliphatic rings. The molecule has 2 heterocycles. The van der Waals surface area contributed by atoms with Crippen molar-refractivity contribution in [3.8, 4) is 5.75 Å². The molecule has 0 bridgehead atoms. The lowest BCUT2D eigenvalue weighted by Gasteiger charge is -2.54. The smallest absolute Gasteiger partial charge is 0.246 e. The molecular weight excluding hydrogens is 484 g/mol. The number of hydrogen-bond donors (Lipinski definition) is 1. The molecule has 1 N–H and O–H groups in total. The van der Waals surface area contributed by atoms with Crippen LogP contribution in [-0.2, 0) is 10.2 Å². The van der Waals surface area contributed by atoms with Crippen LogP contribution in [-0.4, -0.2) is 53.5 Å². The highest BCUT2D eigenvalue weighted by atomic mass is 79.9. The highest BCUT2D eigenvalue weighted by Crippen LogP contribution is 2.50. The standard InChI is InChI=1S/C26H31BrN2O2S/c1-3-12-29-13-11-26(19-5-4-6-23(30)14-19)16-22(8-7-20(26)17-29)28(2)25(31)10-9-24-15-21(27)18-32-24/h3-6,9-10,14-15,18,20,22,30H,1,7-8,11-13,16-17H2,2H3/b10-9+/t20-,22-,26+/m1/s1. The topological polar surface area (TPSA) is 43.8 Å². The summed E-state index contributed by atoms with van der Waals surface area (Å²) in [5.41, 5.74) is 1.20. The van der Waals surface area contributed by atoms with E-state index >= 15 is 0 Å². The zero-order valence-corrected chi connectivity index (χ0v) is 20.9. The molecule has 1 aromatic heterocycles. The number of benzene rings is 1. The Morgan fingerprint density at radius 3 is 2.97 bits per heavy atom. The monoisotopic (exact) mass is 514 g/mol. The van der Waals surface area contributed by atoms with Gasteiger partial charge in [0.2, 0.25) is 5.91 Å². The van der Waals surface area contributed by atoms with Gasteiger partial charge in [-0.25, -0.2) is 0 Å². The third-order valence-electron chi connectivity index (χ3n) is 7.26. The first kappa shape index (κ1) is 23.3. The SMILES string of the molecule is C=CCN1CC[C@@]2(c3cccc(O)c3)C[C@H](N(C)C(=O)/C=C/c3cc(Br)cs3)CC[C@@H]2C1. The van der Waals surface area contributed by atoms with Crippen molar-refractivity contribution in [2.75, 3.05) is 26.7 Å². The van der Waals surface area contributed by atoms with Crippen molar-refractivity contribution in [2.45, 2.75) is 37.1 Å². The van der Waals surface area contributed by atoms with Crippen LogP contribution in [0.15, 0.2) is 58.9 Å². The molecule has 32 heavy (non-hydrogen) atoms. The van der Waals surface area contributed by atoms with Crippen LogP contribution in [0, 0.1) is 5.92 Å². The van der Waals surface area contributed by atoms with Gasteiger partial charge < -0.3 is 10.0 Å². The third kappa shape index (κ3) is 4.87. The van der Waals surface area contributed by atoms with Crippen LogP contribution in [0.5, 0.6) is 5.75 Å². The van der Waals surface area contributed by atoms with E-state index in [9.17, 15) is 9.90 Å². The summed E-state index contributed by atoms with van der Waals surface area (Å²) in [6, 6.07) is 10.0. The van der Waals surface area contributed by atoms with E-state index < -0.39 is 0 Å². The van der Waals surface area contributed by atoms with Gasteiger partial charge in [-0.3, -0.25) is 9.69 Å². The van der Waals surface area contributed by atoms with Crippen LogP contribution < -0.4 is 0 Å². The van der Waals surface area contributed by atoms with E-state index in [4.69, 9.17) is 0 Å². The maximum absolute atomic E-state index is 13.0. The summed E-state index contributed by atoms with van der Waals surface area (Å²) in [6.45, 7) is 6.88.